The third kappa shape index (κ3) is 2.02. The van der Waals surface area contributed by atoms with Crippen molar-refractivity contribution < 1.29 is 9.13 Å². The molecule has 0 aliphatic rings. The standard InChI is InChI=1S/C11H12FNO/c1-3-10-8(4-5-13)6-9(12)7-11(10)14-2/h6-7H,3-4H2,1-2H3. The van der Waals surface area contributed by atoms with Crippen molar-refractivity contribution in [1.29, 1.82) is 5.26 Å². The molecule has 3 heteroatoms. The summed E-state index contributed by atoms with van der Waals surface area (Å²) in [5, 5.41) is 8.58. The van der Waals surface area contributed by atoms with Gasteiger partial charge in [-0.1, -0.05) is 6.92 Å². The van der Waals surface area contributed by atoms with Gasteiger partial charge in [0.05, 0.1) is 19.6 Å². The minimum absolute atomic E-state index is 0.220. The molecule has 0 aliphatic heterocycles. The van der Waals surface area contributed by atoms with Crippen LogP contribution >= 0.6 is 0 Å². The lowest BCUT2D eigenvalue weighted by molar-refractivity contribution is 0.406. The Bertz CT molecular complexity index is 368. The molecule has 14 heavy (non-hydrogen) atoms. The molecule has 0 unspecified atom stereocenters. The molecule has 0 radical (unpaired) electrons. The van der Waals surface area contributed by atoms with E-state index < -0.39 is 0 Å². The monoisotopic (exact) mass is 193 g/mol. The zero-order valence-electron chi connectivity index (χ0n) is 8.30. The number of halogens is 1. The Kier molecular flexibility index (Phi) is 3.47. The van der Waals surface area contributed by atoms with E-state index in [0.717, 1.165) is 12.0 Å². The van der Waals surface area contributed by atoms with Crippen LogP contribution < -0.4 is 4.74 Å². The van der Waals surface area contributed by atoms with Gasteiger partial charge in [0.15, 0.2) is 0 Å². The molecule has 0 saturated heterocycles. The van der Waals surface area contributed by atoms with E-state index in [0.29, 0.717) is 11.3 Å². The maximum atomic E-state index is 13.1. The van der Waals surface area contributed by atoms with Crippen LogP contribution in [0, 0.1) is 17.1 Å². The van der Waals surface area contributed by atoms with Gasteiger partial charge in [-0.15, -0.1) is 0 Å². The predicted octanol–water partition coefficient (Wildman–Crippen LogP) is 2.46. The Morgan fingerprint density at radius 3 is 2.71 bits per heavy atom. The van der Waals surface area contributed by atoms with Crippen LogP contribution in [-0.2, 0) is 12.8 Å². The minimum atomic E-state index is -0.357. The fraction of sp³-hybridized carbons (Fsp3) is 0.364. The van der Waals surface area contributed by atoms with Gasteiger partial charge >= 0.3 is 0 Å². The summed E-state index contributed by atoms with van der Waals surface area (Å²) in [7, 11) is 1.50. The first-order valence-electron chi connectivity index (χ1n) is 4.45. The van der Waals surface area contributed by atoms with Crippen molar-refractivity contribution >= 4 is 0 Å². The Balaban J connectivity index is 3.25. The second kappa shape index (κ2) is 4.61. The van der Waals surface area contributed by atoms with Crippen molar-refractivity contribution in [1.82, 2.24) is 0 Å². The number of benzene rings is 1. The molecule has 74 valence electrons. The van der Waals surface area contributed by atoms with E-state index in [4.69, 9.17) is 10.00 Å². The summed E-state index contributed by atoms with van der Waals surface area (Å²) >= 11 is 0. The van der Waals surface area contributed by atoms with Gasteiger partial charge in [-0.3, -0.25) is 0 Å². The lowest BCUT2D eigenvalue weighted by atomic mass is 10.0. The molecule has 0 fully saturated rings. The van der Waals surface area contributed by atoms with Gasteiger partial charge < -0.3 is 4.74 Å². The molecule has 0 heterocycles. The molecule has 0 aromatic heterocycles. The van der Waals surface area contributed by atoms with Gasteiger partial charge in [-0.25, -0.2) is 4.39 Å². The fourth-order valence-electron chi connectivity index (χ4n) is 1.49. The van der Waals surface area contributed by atoms with Gasteiger partial charge in [0.1, 0.15) is 11.6 Å². The zero-order chi connectivity index (χ0) is 10.6. The molecule has 0 amide bonds. The molecule has 1 aromatic carbocycles. The van der Waals surface area contributed by atoms with Crippen molar-refractivity contribution in [2.45, 2.75) is 19.8 Å². The molecule has 1 rings (SSSR count). The van der Waals surface area contributed by atoms with Crippen LogP contribution in [0.4, 0.5) is 4.39 Å². The molecular weight excluding hydrogens is 181 g/mol. The smallest absolute Gasteiger partial charge is 0.127 e. The van der Waals surface area contributed by atoms with Crippen molar-refractivity contribution in [3.63, 3.8) is 0 Å². The zero-order valence-corrected chi connectivity index (χ0v) is 8.30. The molecule has 1 aromatic rings. The number of nitriles is 1. The van der Waals surface area contributed by atoms with Crippen LogP contribution in [0.3, 0.4) is 0 Å². The second-order valence-corrected chi connectivity index (χ2v) is 2.93. The summed E-state index contributed by atoms with van der Waals surface area (Å²) in [5.41, 5.74) is 1.63. The number of hydrogen-bond acceptors (Lipinski definition) is 2. The van der Waals surface area contributed by atoms with E-state index in [2.05, 4.69) is 0 Å². The first kappa shape index (κ1) is 10.5. The quantitative estimate of drug-likeness (QED) is 0.738. The highest BCUT2D eigenvalue weighted by Gasteiger charge is 2.09. The molecular formula is C11H12FNO. The largest absolute Gasteiger partial charge is 0.496 e. The number of ether oxygens (including phenoxy) is 1. The normalized spacial score (nSPS) is 9.57. The molecule has 0 saturated carbocycles. The molecule has 0 atom stereocenters. The summed E-state index contributed by atoms with van der Waals surface area (Å²) in [6, 6.07) is 4.76. The Labute approximate surface area is 82.9 Å². The maximum Gasteiger partial charge on any atom is 0.127 e. The average Bonchev–Trinajstić information content (AvgIpc) is 2.17. The first-order valence-corrected chi connectivity index (χ1v) is 4.45. The fourth-order valence-corrected chi connectivity index (χ4v) is 1.49. The van der Waals surface area contributed by atoms with Crippen LogP contribution in [0.2, 0.25) is 0 Å². The minimum Gasteiger partial charge on any atom is -0.496 e. The summed E-state index contributed by atoms with van der Waals surface area (Å²) < 4.78 is 18.1. The third-order valence-electron chi connectivity index (χ3n) is 2.11. The average molecular weight is 193 g/mol. The summed E-state index contributed by atoms with van der Waals surface area (Å²) in [6.07, 6.45) is 0.956. The second-order valence-electron chi connectivity index (χ2n) is 2.93. The van der Waals surface area contributed by atoms with E-state index in [1.54, 1.807) is 0 Å². The van der Waals surface area contributed by atoms with Crippen LogP contribution in [0.15, 0.2) is 12.1 Å². The molecule has 2 nitrogen and oxygen atoms in total. The highest BCUT2D eigenvalue weighted by atomic mass is 19.1. The van der Waals surface area contributed by atoms with E-state index in [9.17, 15) is 4.39 Å². The van der Waals surface area contributed by atoms with E-state index in [1.165, 1.54) is 19.2 Å². The van der Waals surface area contributed by atoms with Crippen LogP contribution in [0.5, 0.6) is 5.75 Å². The summed E-state index contributed by atoms with van der Waals surface area (Å²) in [4.78, 5) is 0. The lowest BCUT2D eigenvalue weighted by Crippen LogP contribution is -1.98. The van der Waals surface area contributed by atoms with Crippen LogP contribution in [-0.4, -0.2) is 7.11 Å². The van der Waals surface area contributed by atoms with Crippen molar-refractivity contribution in [2.75, 3.05) is 7.11 Å². The van der Waals surface area contributed by atoms with E-state index in [1.807, 2.05) is 13.0 Å². The Morgan fingerprint density at radius 1 is 1.50 bits per heavy atom. The summed E-state index contributed by atoms with van der Waals surface area (Å²) in [5.74, 6) is 0.169. The van der Waals surface area contributed by atoms with Crippen LogP contribution in [0.1, 0.15) is 18.1 Å². The van der Waals surface area contributed by atoms with Crippen molar-refractivity contribution in [2.24, 2.45) is 0 Å². The van der Waals surface area contributed by atoms with Crippen LogP contribution in [0.25, 0.3) is 0 Å². The number of rotatable bonds is 3. The van der Waals surface area contributed by atoms with Crippen molar-refractivity contribution in [3.05, 3.63) is 29.1 Å². The SMILES string of the molecule is CCc1c(CC#N)cc(F)cc1OC. The Morgan fingerprint density at radius 2 is 2.21 bits per heavy atom. The topological polar surface area (TPSA) is 33.0 Å². The molecule has 0 spiro atoms. The van der Waals surface area contributed by atoms with E-state index in [-0.39, 0.29) is 12.2 Å². The van der Waals surface area contributed by atoms with E-state index >= 15 is 0 Å². The first-order chi connectivity index (χ1) is 6.72. The van der Waals surface area contributed by atoms with Crippen molar-refractivity contribution in [3.8, 4) is 11.8 Å². The van der Waals surface area contributed by atoms with Gasteiger partial charge in [0, 0.05) is 6.07 Å². The highest BCUT2D eigenvalue weighted by Crippen LogP contribution is 2.24. The van der Waals surface area contributed by atoms with Gasteiger partial charge in [0.2, 0.25) is 0 Å². The third-order valence-corrected chi connectivity index (χ3v) is 2.11. The molecule has 0 N–H and O–H groups in total. The Hall–Kier alpha value is -1.56. The highest BCUT2D eigenvalue weighted by molar-refractivity contribution is 5.42. The van der Waals surface area contributed by atoms with Gasteiger partial charge in [-0.05, 0) is 23.6 Å². The number of nitrogens with zero attached hydrogens (tertiary/aromatic N) is 1. The summed E-state index contributed by atoms with van der Waals surface area (Å²) in [6.45, 7) is 1.95. The van der Waals surface area contributed by atoms with Gasteiger partial charge in [-0.2, -0.15) is 5.26 Å². The predicted molar refractivity (Wildman–Crippen MR) is 51.6 cm³/mol. The number of hydrogen-bond donors (Lipinski definition) is 0. The van der Waals surface area contributed by atoms with Gasteiger partial charge in [0.25, 0.3) is 0 Å². The molecule has 0 bridgehead atoms. The molecule has 0 aliphatic carbocycles. The lowest BCUT2D eigenvalue weighted by Gasteiger charge is -2.10. The number of methoxy groups -OCH3 is 1. The maximum absolute atomic E-state index is 13.1.